The van der Waals surface area contributed by atoms with Gasteiger partial charge < -0.3 is 25.3 Å². The van der Waals surface area contributed by atoms with Crippen molar-refractivity contribution in [2.24, 2.45) is 5.73 Å². The highest BCUT2D eigenvalue weighted by molar-refractivity contribution is 5.99. The molecular formula is C30H27F4N5O4. The maximum absolute atomic E-state index is 14.5. The summed E-state index contributed by atoms with van der Waals surface area (Å²) in [5.41, 5.74) is 6.86. The summed E-state index contributed by atoms with van der Waals surface area (Å²) in [6, 6.07) is 8.52. The first-order valence-corrected chi connectivity index (χ1v) is 13.6. The quantitative estimate of drug-likeness (QED) is 0.213. The minimum absolute atomic E-state index is 0.0381. The minimum atomic E-state index is -4.82. The molecule has 3 N–H and O–H groups in total. The van der Waals surface area contributed by atoms with Gasteiger partial charge in [-0.3, -0.25) is 9.48 Å². The highest BCUT2D eigenvalue weighted by Crippen LogP contribution is 2.45. The molecule has 1 fully saturated rings. The number of nitrogens with one attached hydrogen (secondary N) is 1. The molecule has 2 aliphatic rings. The maximum Gasteiger partial charge on any atom is 0.398 e. The second-order valence-electron chi connectivity index (χ2n) is 10.7. The van der Waals surface area contributed by atoms with Gasteiger partial charge in [0.2, 0.25) is 0 Å². The molecule has 3 atom stereocenters. The normalized spacial score (nSPS) is 17.7. The summed E-state index contributed by atoms with van der Waals surface area (Å²) < 4.78 is 70.2. The number of aldehydes is 1. The number of alkyl halides is 3. The molecule has 1 aliphatic carbocycles. The number of fused-ring (bicyclic) bond motifs is 2. The van der Waals surface area contributed by atoms with E-state index in [2.05, 4.69) is 15.4 Å². The lowest BCUT2D eigenvalue weighted by Gasteiger charge is -2.23. The molecule has 1 saturated carbocycles. The lowest BCUT2D eigenvalue weighted by Crippen LogP contribution is -2.36. The Bertz CT molecular complexity index is 1700. The summed E-state index contributed by atoms with van der Waals surface area (Å²) in [6.07, 6.45) is -0.532. The number of hydrogen-bond donors (Lipinski definition) is 2. The van der Waals surface area contributed by atoms with Crippen LogP contribution < -0.4 is 20.5 Å². The van der Waals surface area contributed by atoms with Crippen molar-refractivity contribution in [1.82, 2.24) is 20.1 Å². The number of methoxy groups -OCH3 is 1. The summed E-state index contributed by atoms with van der Waals surface area (Å²) in [5.74, 6) is -3.71. The molecule has 9 nitrogen and oxygen atoms in total. The Morgan fingerprint density at radius 1 is 1.23 bits per heavy atom. The number of aromatic nitrogens is 3. The number of carbonyl (C=O) groups is 2. The third kappa shape index (κ3) is 5.52. The molecule has 224 valence electrons. The van der Waals surface area contributed by atoms with Crippen LogP contribution in [0.15, 0.2) is 48.7 Å². The van der Waals surface area contributed by atoms with Crippen LogP contribution in [0.1, 0.15) is 52.3 Å². The van der Waals surface area contributed by atoms with Gasteiger partial charge in [0.05, 0.1) is 31.5 Å². The van der Waals surface area contributed by atoms with E-state index in [9.17, 15) is 27.2 Å². The van der Waals surface area contributed by atoms with Gasteiger partial charge in [0.25, 0.3) is 5.91 Å². The molecule has 13 heteroatoms. The number of nitrogens with two attached hydrogens (primary N) is 1. The molecule has 0 saturated heterocycles. The van der Waals surface area contributed by atoms with Gasteiger partial charge in [0, 0.05) is 40.7 Å². The second kappa shape index (κ2) is 11.0. The largest absolute Gasteiger partial charge is 0.494 e. The van der Waals surface area contributed by atoms with Crippen LogP contribution in [0.3, 0.4) is 0 Å². The first-order chi connectivity index (χ1) is 20.6. The van der Waals surface area contributed by atoms with Gasteiger partial charge in [-0.25, -0.2) is 9.37 Å². The molecule has 2 aromatic heterocycles. The number of halogens is 4. The van der Waals surface area contributed by atoms with E-state index in [1.165, 1.54) is 31.4 Å². The predicted octanol–water partition coefficient (Wildman–Crippen LogP) is 4.66. The van der Waals surface area contributed by atoms with E-state index >= 15 is 0 Å². The van der Waals surface area contributed by atoms with Crippen molar-refractivity contribution in [1.29, 1.82) is 0 Å². The van der Waals surface area contributed by atoms with Crippen LogP contribution in [-0.2, 0) is 4.79 Å². The van der Waals surface area contributed by atoms with Gasteiger partial charge in [0.1, 0.15) is 40.7 Å². The van der Waals surface area contributed by atoms with E-state index in [-0.39, 0.29) is 35.2 Å². The van der Waals surface area contributed by atoms with E-state index in [0.29, 0.717) is 28.5 Å². The molecule has 1 unspecified atom stereocenters. The number of benzene rings is 2. The van der Waals surface area contributed by atoms with Crippen molar-refractivity contribution in [2.75, 3.05) is 20.3 Å². The summed E-state index contributed by atoms with van der Waals surface area (Å²) >= 11 is 0. The number of carbonyl (C=O) groups excluding carboxylic acids is 2. The Kier molecular flexibility index (Phi) is 7.28. The van der Waals surface area contributed by atoms with Gasteiger partial charge in [-0.2, -0.15) is 18.3 Å². The minimum Gasteiger partial charge on any atom is -0.494 e. The van der Waals surface area contributed by atoms with Crippen LogP contribution in [0.25, 0.3) is 22.2 Å². The Labute approximate surface area is 243 Å². The molecule has 43 heavy (non-hydrogen) atoms. The van der Waals surface area contributed by atoms with Gasteiger partial charge in [0.15, 0.2) is 0 Å². The van der Waals surface area contributed by atoms with E-state index in [0.717, 1.165) is 25.0 Å². The smallest absolute Gasteiger partial charge is 0.398 e. The average Bonchev–Trinajstić information content (AvgIpc) is 3.60. The van der Waals surface area contributed by atoms with E-state index in [4.69, 9.17) is 15.2 Å². The number of nitrogens with zero attached hydrogens (tertiary/aromatic N) is 3. The van der Waals surface area contributed by atoms with Gasteiger partial charge in [-0.05, 0) is 55.3 Å². The second-order valence-corrected chi connectivity index (χ2v) is 10.7. The van der Waals surface area contributed by atoms with Crippen LogP contribution in [0.2, 0.25) is 0 Å². The zero-order valence-electron chi connectivity index (χ0n) is 22.9. The summed E-state index contributed by atoms with van der Waals surface area (Å²) in [7, 11) is 1.43. The Morgan fingerprint density at radius 2 is 1.98 bits per heavy atom. The Morgan fingerprint density at radius 3 is 2.63 bits per heavy atom. The molecular weight excluding hydrogens is 570 g/mol. The van der Waals surface area contributed by atoms with Crippen molar-refractivity contribution in [2.45, 2.75) is 42.9 Å². The maximum atomic E-state index is 14.5. The van der Waals surface area contributed by atoms with Gasteiger partial charge in [-0.15, -0.1) is 0 Å². The Hall–Kier alpha value is -4.52. The fraction of sp³-hybridized carbons (Fsp3) is 0.333. The number of ether oxygens (including phenoxy) is 2. The lowest BCUT2D eigenvalue weighted by atomic mass is 9.91. The molecule has 0 spiro atoms. The molecule has 1 amide bonds. The highest BCUT2D eigenvalue weighted by Gasteiger charge is 2.44. The third-order valence-corrected chi connectivity index (χ3v) is 7.78. The molecule has 3 heterocycles. The van der Waals surface area contributed by atoms with Crippen molar-refractivity contribution >= 4 is 23.1 Å². The fourth-order valence-electron chi connectivity index (χ4n) is 5.28. The van der Waals surface area contributed by atoms with Crippen molar-refractivity contribution in [3.63, 3.8) is 0 Å². The highest BCUT2D eigenvalue weighted by atomic mass is 19.4. The average molecular weight is 598 g/mol. The van der Waals surface area contributed by atoms with Crippen LogP contribution in [0.4, 0.5) is 17.6 Å². The predicted molar refractivity (Wildman–Crippen MR) is 148 cm³/mol. The van der Waals surface area contributed by atoms with Gasteiger partial charge >= 0.3 is 6.18 Å². The van der Waals surface area contributed by atoms with E-state index in [1.54, 1.807) is 16.9 Å². The van der Waals surface area contributed by atoms with E-state index < -0.39 is 48.0 Å². The SMILES string of the molecule is COc1cc(C(=O)NC[C@H](c2cc3c(c(-c4ccc(F)cc4)n2)OC[C@@H]3C(N)C=O)C(F)(F)F)cc2cn(C3CC3)nc12. The van der Waals surface area contributed by atoms with Crippen LogP contribution >= 0.6 is 0 Å². The first-order valence-electron chi connectivity index (χ1n) is 13.6. The number of amides is 1. The fourth-order valence-corrected chi connectivity index (χ4v) is 5.28. The Balaban J connectivity index is 1.34. The molecule has 2 aromatic carbocycles. The van der Waals surface area contributed by atoms with Crippen molar-refractivity contribution in [3.05, 3.63) is 71.3 Å². The first kappa shape index (κ1) is 28.6. The third-order valence-electron chi connectivity index (χ3n) is 7.78. The molecule has 1 aliphatic heterocycles. The molecule has 4 aromatic rings. The summed E-state index contributed by atoms with van der Waals surface area (Å²) in [5, 5.41) is 7.55. The molecule has 0 bridgehead atoms. The zero-order chi connectivity index (χ0) is 30.5. The topological polar surface area (TPSA) is 121 Å². The van der Waals surface area contributed by atoms with Gasteiger partial charge in [-0.1, -0.05) is 0 Å². The number of hydrogen-bond acceptors (Lipinski definition) is 7. The van der Waals surface area contributed by atoms with Crippen LogP contribution in [-0.4, -0.2) is 59.4 Å². The summed E-state index contributed by atoms with van der Waals surface area (Å²) in [4.78, 5) is 28.9. The van der Waals surface area contributed by atoms with E-state index in [1.807, 2.05) is 0 Å². The number of rotatable bonds is 9. The molecule has 6 rings (SSSR count). The lowest BCUT2D eigenvalue weighted by molar-refractivity contribution is -0.149. The molecule has 0 radical (unpaired) electrons. The zero-order valence-corrected chi connectivity index (χ0v) is 22.9. The summed E-state index contributed by atoms with van der Waals surface area (Å²) in [6.45, 7) is -0.868. The van der Waals surface area contributed by atoms with Crippen molar-refractivity contribution in [3.8, 4) is 22.8 Å². The van der Waals surface area contributed by atoms with Crippen LogP contribution in [0.5, 0.6) is 11.5 Å². The van der Waals surface area contributed by atoms with Crippen molar-refractivity contribution < 1.29 is 36.6 Å². The van der Waals surface area contributed by atoms with Crippen LogP contribution in [0, 0.1) is 5.82 Å². The number of pyridine rings is 1. The standard InChI is InChI=1S/C30H27F4N5O4/c1-42-25-9-16(8-17-12-39(19-6-7-19)38-26(17)25)29(41)36-11-22(30(32,33)34)24-10-20-21(23(35)13-40)14-43-28(20)27(37-24)15-2-4-18(31)5-3-15/h2-5,8-10,12-13,19,21-23H,6-7,11,14,35H2,1H3,(H,36,41)/t21-,22+,23?/m0/s1. The monoisotopic (exact) mass is 597 g/mol.